The molecule has 1 heterocycles. The average molecular weight is 290 g/mol. The van der Waals surface area contributed by atoms with Gasteiger partial charge in [0.15, 0.2) is 0 Å². The first-order valence-corrected chi connectivity index (χ1v) is 7.98. The standard InChI is InChI=1S/C15H17NO3P/c1-15(2,14-9-6-10-16-11-14)19-20(17,18)12-13-7-4-3-5-8-13/h3-11H,1,12H2,2H3,(H,17,18). The Balaban J connectivity index is 2.13. The van der Waals surface area contributed by atoms with E-state index in [1.807, 2.05) is 18.2 Å². The minimum atomic E-state index is -3.79. The second kappa shape index (κ2) is 5.88. The van der Waals surface area contributed by atoms with Crippen molar-refractivity contribution < 1.29 is 14.0 Å². The summed E-state index contributed by atoms with van der Waals surface area (Å²) < 4.78 is 17.6. The van der Waals surface area contributed by atoms with Gasteiger partial charge >= 0.3 is 7.60 Å². The van der Waals surface area contributed by atoms with Gasteiger partial charge in [0.05, 0.1) is 6.16 Å². The number of nitrogens with zero attached hydrogens (tertiary/aromatic N) is 1. The van der Waals surface area contributed by atoms with Crippen LogP contribution in [0.4, 0.5) is 0 Å². The summed E-state index contributed by atoms with van der Waals surface area (Å²) in [5.41, 5.74) is 0.287. The second-order valence-electron chi connectivity index (χ2n) is 4.85. The zero-order chi connectivity index (χ0) is 14.6. The lowest BCUT2D eigenvalue weighted by atomic mass is 10.0. The number of hydrogen-bond acceptors (Lipinski definition) is 3. The Bertz CT molecular complexity index is 599. The molecular formula is C15H17NO3P. The summed E-state index contributed by atoms with van der Waals surface area (Å²) in [5.74, 6) is 0. The molecule has 2 atom stereocenters. The molecule has 0 fully saturated rings. The monoisotopic (exact) mass is 290 g/mol. The maximum absolute atomic E-state index is 12.2. The van der Waals surface area contributed by atoms with E-state index in [1.54, 1.807) is 43.6 Å². The molecule has 0 aliphatic heterocycles. The normalized spacial score (nSPS) is 14.8. The smallest absolute Gasteiger partial charge is 0.324 e. The molecule has 2 rings (SSSR count). The highest BCUT2D eigenvalue weighted by atomic mass is 31.2. The Morgan fingerprint density at radius 3 is 2.60 bits per heavy atom. The largest absolute Gasteiger partial charge is 0.333 e. The van der Waals surface area contributed by atoms with E-state index in [9.17, 15) is 9.46 Å². The van der Waals surface area contributed by atoms with Crippen molar-refractivity contribution in [3.63, 3.8) is 0 Å². The van der Waals surface area contributed by atoms with Crippen LogP contribution in [0.5, 0.6) is 0 Å². The van der Waals surface area contributed by atoms with Gasteiger partial charge in [-0.1, -0.05) is 36.4 Å². The molecule has 1 radical (unpaired) electrons. The first-order valence-electron chi connectivity index (χ1n) is 6.21. The van der Waals surface area contributed by atoms with Crippen LogP contribution in [0.2, 0.25) is 0 Å². The molecule has 0 bridgehead atoms. The van der Waals surface area contributed by atoms with Crippen molar-refractivity contribution in [1.29, 1.82) is 0 Å². The zero-order valence-corrected chi connectivity index (χ0v) is 12.2. The molecule has 0 saturated heterocycles. The van der Waals surface area contributed by atoms with E-state index < -0.39 is 13.2 Å². The van der Waals surface area contributed by atoms with Gasteiger partial charge in [0.25, 0.3) is 0 Å². The van der Waals surface area contributed by atoms with Gasteiger partial charge in [-0.15, -0.1) is 0 Å². The van der Waals surface area contributed by atoms with Crippen LogP contribution >= 0.6 is 7.60 Å². The molecule has 4 nitrogen and oxygen atoms in total. The van der Waals surface area contributed by atoms with Crippen molar-refractivity contribution in [2.75, 3.05) is 0 Å². The summed E-state index contributed by atoms with van der Waals surface area (Å²) in [6, 6.07) is 12.6. The molecule has 1 N–H and O–H groups in total. The molecule has 1 aromatic carbocycles. The fourth-order valence-corrected chi connectivity index (χ4v) is 3.36. The lowest BCUT2D eigenvalue weighted by Crippen LogP contribution is -2.21. The first-order chi connectivity index (χ1) is 9.39. The van der Waals surface area contributed by atoms with E-state index in [0.717, 1.165) is 5.56 Å². The molecular weight excluding hydrogens is 273 g/mol. The topological polar surface area (TPSA) is 59.4 Å². The van der Waals surface area contributed by atoms with Gasteiger partial charge in [-0.25, -0.2) is 0 Å². The third kappa shape index (κ3) is 4.01. The minimum absolute atomic E-state index is 0.0424. The molecule has 0 aliphatic carbocycles. The van der Waals surface area contributed by atoms with Crippen LogP contribution in [0.25, 0.3) is 0 Å². The Hall–Kier alpha value is -1.48. The van der Waals surface area contributed by atoms with E-state index in [2.05, 4.69) is 11.9 Å². The highest BCUT2D eigenvalue weighted by Crippen LogP contribution is 2.51. The molecule has 0 saturated carbocycles. The maximum Gasteiger partial charge on any atom is 0.333 e. The molecule has 1 aromatic heterocycles. The Labute approximate surface area is 119 Å². The summed E-state index contributed by atoms with van der Waals surface area (Å²) in [5, 5.41) is 0. The average Bonchev–Trinajstić information content (AvgIpc) is 2.39. The Morgan fingerprint density at radius 1 is 1.30 bits per heavy atom. The molecule has 20 heavy (non-hydrogen) atoms. The molecule has 5 heteroatoms. The highest BCUT2D eigenvalue weighted by Gasteiger charge is 2.32. The minimum Gasteiger partial charge on any atom is -0.324 e. The zero-order valence-electron chi connectivity index (χ0n) is 11.3. The number of pyridine rings is 1. The lowest BCUT2D eigenvalue weighted by molar-refractivity contribution is 0.116. The molecule has 105 valence electrons. The van der Waals surface area contributed by atoms with Crippen LogP contribution in [0.3, 0.4) is 0 Å². The van der Waals surface area contributed by atoms with Gasteiger partial charge in [-0.3, -0.25) is 14.1 Å². The van der Waals surface area contributed by atoms with E-state index in [4.69, 9.17) is 4.52 Å². The summed E-state index contributed by atoms with van der Waals surface area (Å²) in [7, 11) is -3.79. The van der Waals surface area contributed by atoms with Crippen molar-refractivity contribution in [3.8, 4) is 0 Å². The fourth-order valence-electron chi connectivity index (χ4n) is 1.89. The summed E-state index contributed by atoms with van der Waals surface area (Å²) >= 11 is 0. The van der Waals surface area contributed by atoms with Gasteiger partial charge < -0.3 is 4.89 Å². The molecule has 2 aromatic rings. The van der Waals surface area contributed by atoms with Gasteiger partial charge in [0, 0.05) is 18.0 Å². The second-order valence-corrected chi connectivity index (χ2v) is 6.62. The van der Waals surface area contributed by atoms with Crippen LogP contribution < -0.4 is 0 Å². The third-order valence-corrected chi connectivity index (χ3v) is 4.29. The number of benzene rings is 1. The van der Waals surface area contributed by atoms with E-state index in [0.29, 0.717) is 5.56 Å². The highest BCUT2D eigenvalue weighted by molar-refractivity contribution is 7.52. The van der Waals surface area contributed by atoms with Crippen LogP contribution in [-0.2, 0) is 20.9 Å². The predicted octanol–water partition coefficient (Wildman–Crippen LogP) is 3.53. The van der Waals surface area contributed by atoms with Crippen molar-refractivity contribution in [1.82, 2.24) is 4.98 Å². The van der Waals surface area contributed by atoms with Crippen molar-refractivity contribution in [2.24, 2.45) is 0 Å². The van der Waals surface area contributed by atoms with Crippen LogP contribution in [-0.4, -0.2) is 9.88 Å². The Kier molecular flexibility index (Phi) is 4.39. The van der Waals surface area contributed by atoms with E-state index >= 15 is 0 Å². The van der Waals surface area contributed by atoms with Crippen molar-refractivity contribution in [3.05, 3.63) is 72.9 Å². The van der Waals surface area contributed by atoms with Crippen molar-refractivity contribution in [2.45, 2.75) is 18.7 Å². The molecule has 0 amide bonds. The summed E-state index contributed by atoms with van der Waals surface area (Å²) in [6.07, 6.45) is 3.16. The SMILES string of the molecule is [CH2]C(C)(OP(=O)(O)Cc1ccccc1)c1cccnc1. The summed E-state index contributed by atoms with van der Waals surface area (Å²) in [6.45, 7) is 5.52. The molecule has 2 unspecified atom stereocenters. The maximum atomic E-state index is 12.2. The van der Waals surface area contributed by atoms with Crippen molar-refractivity contribution >= 4 is 7.60 Å². The number of hydrogen-bond donors (Lipinski definition) is 1. The lowest BCUT2D eigenvalue weighted by Gasteiger charge is -2.27. The first kappa shape index (κ1) is 14.9. The van der Waals surface area contributed by atoms with E-state index in [1.165, 1.54) is 0 Å². The molecule has 0 spiro atoms. The summed E-state index contributed by atoms with van der Waals surface area (Å²) in [4.78, 5) is 14.0. The number of aromatic nitrogens is 1. The van der Waals surface area contributed by atoms with Gasteiger partial charge in [0.2, 0.25) is 0 Å². The van der Waals surface area contributed by atoms with Crippen LogP contribution in [0, 0.1) is 6.92 Å². The van der Waals surface area contributed by atoms with Gasteiger partial charge in [-0.05, 0) is 25.5 Å². The predicted molar refractivity (Wildman–Crippen MR) is 78.0 cm³/mol. The van der Waals surface area contributed by atoms with Gasteiger partial charge in [-0.2, -0.15) is 0 Å². The molecule has 0 aliphatic rings. The number of rotatable bonds is 5. The Morgan fingerprint density at radius 2 is 2.00 bits per heavy atom. The van der Waals surface area contributed by atoms with Crippen LogP contribution in [0.1, 0.15) is 18.1 Å². The van der Waals surface area contributed by atoms with Gasteiger partial charge in [0.1, 0.15) is 5.60 Å². The van der Waals surface area contributed by atoms with E-state index in [-0.39, 0.29) is 6.16 Å². The van der Waals surface area contributed by atoms with Crippen LogP contribution in [0.15, 0.2) is 54.9 Å². The fraction of sp³-hybridized carbons (Fsp3) is 0.200. The third-order valence-electron chi connectivity index (χ3n) is 2.84. The quantitative estimate of drug-likeness (QED) is 0.856.